The van der Waals surface area contributed by atoms with Crippen molar-refractivity contribution in [2.24, 2.45) is 0 Å². The number of amides is 1. The van der Waals surface area contributed by atoms with Gasteiger partial charge in [-0.05, 0) is 57.1 Å². The van der Waals surface area contributed by atoms with Gasteiger partial charge in [0, 0.05) is 17.5 Å². The van der Waals surface area contributed by atoms with Crippen molar-refractivity contribution in [1.29, 1.82) is 0 Å². The topological polar surface area (TPSA) is 41.6 Å². The lowest BCUT2D eigenvalue weighted by atomic mass is 9.89. The Balaban J connectivity index is 1.45. The van der Waals surface area contributed by atoms with Gasteiger partial charge < -0.3 is 10.1 Å². The van der Waals surface area contributed by atoms with Crippen LogP contribution in [0, 0.1) is 0 Å². The molecule has 1 saturated carbocycles. The molecule has 28 heavy (non-hydrogen) atoms. The highest BCUT2D eigenvalue weighted by molar-refractivity contribution is 6.33. The van der Waals surface area contributed by atoms with E-state index in [1.807, 2.05) is 36.4 Å². The van der Waals surface area contributed by atoms with E-state index >= 15 is 0 Å². The first-order valence-electron chi connectivity index (χ1n) is 10.5. The van der Waals surface area contributed by atoms with E-state index in [0.717, 1.165) is 30.3 Å². The second-order valence-corrected chi connectivity index (χ2v) is 8.47. The number of hydrogen-bond acceptors (Lipinski definition) is 3. The van der Waals surface area contributed by atoms with Crippen molar-refractivity contribution in [3.63, 3.8) is 0 Å². The monoisotopic (exact) mass is 400 g/mol. The van der Waals surface area contributed by atoms with Crippen LogP contribution in [0.1, 0.15) is 45.4 Å². The predicted molar refractivity (Wildman–Crippen MR) is 114 cm³/mol. The molecule has 0 radical (unpaired) electrons. The molecule has 2 fully saturated rings. The largest absolute Gasteiger partial charge is 0.479 e. The third-order valence-electron chi connectivity index (χ3n) is 6.16. The average Bonchev–Trinajstić information content (AvgIpc) is 3.25. The highest BCUT2D eigenvalue weighted by Gasteiger charge is 2.33. The lowest BCUT2D eigenvalue weighted by Crippen LogP contribution is -2.54. The fourth-order valence-corrected chi connectivity index (χ4v) is 4.87. The zero-order chi connectivity index (χ0) is 19.5. The SMILES string of the molecule is CC(Oc1c(Cl)ccc2ccccc12)C(=O)NC1CCCCC1N1CCCC1. The molecule has 4 rings (SSSR count). The molecular weight excluding hydrogens is 372 g/mol. The summed E-state index contributed by atoms with van der Waals surface area (Å²) in [5, 5.41) is 5.80. The second-order valence-electron chi connectivity index (χ2n) is 8.07. The molecule has 2 aromatic rings. The molecule has 5 heteroatoms. The van der Waals surface area contributed by atoms with Crippen LogP contribution in [-0.2, 0) is 4.79 Å². The van der Waals surface area contributed by atoms with Crippen molar-refractivity contribution in [1.82, 2.24) is 10.2 Å². The number of carbonyl (C=O) groups is 1. The number of carbonyl (C=O) groups excluding carboxylic acids is 1. The van der Waals surface area contributed by atoms with Crippen molar-refractivity contribution in [3.8, 4) is 5.75 Å². The first kappa shape index (κ1) is 19.5. The summed E-state index contributed by atoms with van der Waals surface area (Å²) < 4.78 is 6.06. The first-order chi connectivity index (χ1) is 13.6. The summed E-state index contributed by atoms with van der Waals surface area (Å²) in [5.41, 5.74) is 0. The maximum atomic E-state index is 12.9. The number of benzene rings is 2. The highest BCUT2D eigenvalue weighted by Crippen LogP contribution is 2.34. The molecule has 0 aromatic heterocycles. The van der Waals surface area contributed by atoms with Crippen LogP contribution in [0.2, 0.25) is 5.02 Å². The van der Waals surface area contributed by atoms with Crippen molar-refractivity contribution in [3.05, 3.63) is 41.4 Å². The van der Waals surface area contributed by atoms with E-state index < -0.39 is 6.10 Å². The summed E-state index contributed by atoms with van der Waals surface area (Å²) in [7, 11) is 0. The summed E-state index contributed by atoms with van der Waals surface area (Å²) in [5.74, 6) is 0.530. The van der Waals surface area contributed by atoms with Gasteiger partial charge in [-0.3, -0.25) is 9.69 Å². The van der Waals surface area contributed by atoms with Gasteiger partial charge in [0.25, 0.3) is 5.91 Å². The molecule has 0 bridgehead atoms. The number of halogens is 1. The van der Waals surface area contributed by atoms with Crippen LogP contribution in [-0.4, -0.2) is 42.1 Å². The van der Waals surface area contributed by atoms with E-state index in [0.29, 0.717) is 16.8 Å². The summed E-state index contributed by atoms with van der Waals surface area (Å²) in [6.07, 6.45) is 6.62. The fraction of sp³-hybridized carbons (Fsp3) is 0.522. The van der Waals surface area contributed by atoms with E-state index in [4.69, 9.17) is 16.3 Å². The van der Waals surface area contributed by atoms with Crippen LogP contribution in [0.25, 0.3) is 10.8 Å². The molecule has 1 aliphatic carbocycles. The molecule has 2 aliphatic rings. The molecular formula is C23H29ClN2O2. The van der Waals surface area contributed by atoms with Crippen molar-refractivity contribution >= 4 is 28.3 Å². The smallest absolute Gasteiger partial charge is 0.261 e. The lowest BCUT2D eigenvalue weighted by molar-refractivity contribution is -0.128. The molecule has 1 heterocycles. The molecule has 3 atom stereocenters. The summed E-state index contributed by atoms with van der Waals surface area (Å²) >= 11 is 6.39. The Hall–Kier alpha value is -1.78. The Morgan fingerprint density at radius 3 is 2.68 bits per heavy atom. The maximum absolute atomic E-state index is 12.9. The highest BCUT2D eigenvalue weighted by atomic mass is 35.5. The summed E-state index contributed by atoms with van der Waals surface area (Å²) in [6, 6.07) is 12.4. The normalized spacial score (nSPS) is 24.2. The maximum Gasteiger partial charge on any atom is 0.261 e. The number of fused-ring (bicyclic) bond motifs is 1. The average molecular weight is 401 g/mol. The minimum Gasteiger partial charge on any atom is -0.479 e. The molecule has 1 N–H and O–H groups in total. The van der Waals surface area contributed by atoms with E-state index in [1.165, 1.54) is 32.1 Å². The van der Waals surface area contributed by atoms with Gasteiger partial charge in [0.05, 0.1) is 5.02 Å². The molecule has 150 valence electrons. The van der Waals surface area contributed by atoms with Crippen LogP contribution in [0.15, 0.2) is 36.4 Å². The Kier molecular flexibility index (Phi) is 6.07. The first-order valence-corrected chi connectivity index (χ1v) is 10.9. The van der Waals surface area contributed by atoms with Gasteiger partial charge in [0.1, 0.15) is 5.75 Å². The quantitative estimate of drug-likeness (QED) is 0.784. The number of likely N-dealkylation sites (tertiary alicyclic amines) is 1. The van der Waals surface area contributed by atoms with Gasteiger partial charge in [0.2, 0.25) is 0 Å². The Labute approximate surface area is 172 Å². The minimum atomic E-state index is -0.593. The molecule has 1 amide bonds. The van der Waals surface area contributed by atoms with Gasteiger partial charge in [-0.25, -0.2) is 0 Å². The molecule has 3 unspecified atom stereocenters. The number of ether oxygens (including phenoxy) is 1. The zero-order valence-electron chi connectivity index (χ0n) is 16.5. The van der Waals surface area contributed by atoms with E-state index in [2.05, 4.69) is 10.2 Å². The number of hydrogen-bond donors (Lipinski definition) is 1. The van der Waals surface area contributed by atoms with Crippen LogP contribution < -0.4 is 10.1 Å². The van der Waals surface area contributed by atoms with Gasteiger partial charge in [-0.1, -0.05) is 54.8 Å². The Morgan fingerprint density at radius 2 is 1.86 bits per heavy atom. The number of nitrogens with zero attached hydrogens (tertiary/aromatic N) is 1. The number of rotatable bonds is 5. The van der Waals surface area contributed by atoms with Gasteiger partial charge >= 0.3 is 0 Å². The molecule has 1 saturated heterocycles. The van der Waals surface area contributed by atoms with E-state index in [-0.39, 0.29) is 11.9 Å². The van der Waals surface area contributed by atoms with Crippen LogP contribution in [0.3, 0.4) is 0 Å². The molecule has 4 nitrogen and oxygen atoms in total. The van der Waals surface area contributed by atoms with E-state index in [1.54, 1.807) is 6.92 Å². The van der Waals surface area contributed by atoms with Gasteiger partial charge in [-0.2, -0.15) is 0 Å². The Morgan fingerprint density at radius 1 is 1.11 bits per heavy atom. The fourth-order valence-electron chi connectivity index (χ4n) is 4.66. The van der Waals surface area contributed by atoms with E-state index in [9.17, 15) is 4.79 Å². The summed E-state index contributed by atoms with van der Waals surface area (Å²) in [6.45, 7) is 4.13. The predicted octanol–water partition coefficient (Wildman–Crippen LogP) is 4.78. The van der Waals surface area contributed by atoms with Crippen LogP contribution in [0.4, 0.5) is 0 Å². The minimum absolute atomic E-state index is 0.0555. The van der Waals surface area contributed by atoms with Crippen LogP contribution in [0.5, 0.6) is 5.75 Å². The van der Waals surface area contributed by atoms with Gasteiger partial charge in [0.15, 0.2) is 6.10 Å². The molecule has 2 aromatic carbocycles. The molecule has 1 aliphatic heterocycles. The molecule has 0 spiro atoms. The zero-order valence-corrected chi connectivity index (χ0v) is 17.3. The van der Waals surface area contributed by atoms with Crippen molar-refractivity contribution in [2.45, 2.75) is 63.6 Å². The van der Waals surface area contributed by atoms with Crippen LogP contribution >= 0.6 is 11.6 Å². The standard InChI is InChI=1S/C23H29ClN2O2/c1-16(28-22-18-9-3-2-8-17(18)12-13-19(22)24)23(27)25-20-10-4-5-11-21(20)26-14-6-7-15-26/h2-3,8-9,12-13,16,20-21H,4-7,10-11,14-15H2,1H3,(H,25,27). The second kappa shape index (κ2) is 8.71. The third kappa shape index (κ3) is 4.13. The van der Waals surface area contributed by atoms with Crippen molar-refractivity contribution < 1.29 is 9.53 Å². The van der Waals surface area contributed by atoms with Crippen molar-refractivity contribution in [2.75, 3.05) is 13.1 Å². The lowest BCUT2D eigenvalue weighted by Gasteiger charge is -2.38. The number of nitrogens with one attached hydrogen (secondary N) is 1. The Bertz CT molecular complexity index is 834. The third-order valence-corrected chi connectivity index (χ3v) is 6.46. The van der Waals surface area contributed by atoms with Gasteiger partial charge in [-0.15, -0.1) is 0 Å². The summed E-state index contributed by atoms with van der Waals surface area (Å²) in [4.78, 5) is 15.5.